The number of benzene rings is 1. The average Bonchev–Trinajstić information content (AvgIpc) is 3.39. The lowest BCUT2D eigenvalue weighted by Crippen LogP contribution is -2.48. The number of fused-ring (bicyclic) bond motifs is 1. The van der Waals surface area contributed by atoms with Crippen LogP contribution in [-0.4, -0.2) is 50.5 Å². The molecule has 166 valence electrons. The van der Waals surface area contributed by atoms with Gasteiger partial charge in [0.25, 0.3) is 9.70 Å². The fraction of sp³-hybridized carbons (Fsp3) is 0.478. The number of aromatic nitrogens is 1. The summed E-state index contributed by atoms with van der Waals surface area (Å²) in [6.07, 6.45) is 4.50. The van der Waals surface area contributed by atoms with Gasteiger partial charge >= 0.3 is 0 Å². The summed E-state index contributed by atoms with van der Waals surface area (Å²) in [6.45, 7) is 2.20. The highest BCUT2D eigenvalue weighted by Gasteiger charge is 2.43. The Morgan fingerprint density at radius 2 is 1.61 bits per heavy atom. The number of hydrogen-bond acceptors (Lipinski definition) is 3. The number of rotatable bonds is 4. The molecular formula is C23H26Cl3N3O2. The molecule has 1 amide bonds. The smallest absolute Gasteiger partial charge is 0.255 e. The van der Waals surface area contributed by atoms with Crippen molar-refractivity contribution in [2.45, 2.75) is 48.1 Å². The molecular weight excluding hydrogens is 457 g/mol. The van der Waals surface area contributed by atoms with Crippen molar-refractivity contribution < 1.29 is 9.59 Å². The lowest BCUT2D eigenvalue weighted by atomic mass is 9.85. The molecule has 1 aliphatic heterocycles. The Bertz CT molecular complexity index is 986. The molecule has 2 aromatic rings. The van der Waals surface area contributed by atoms with E-state index in [0.717, 1.165) is 31.6 Å². The maximum Gasteiger partial charge on any atom is 0.255 e. The van der Waals surface area contributed by atoms with Gasteiger partial charge in [-0.05, 0) is 42.7 Å². The zero-order valence-corrected chi connectivity index (χ0v) is 20.0. The van der Waals surface area contributed by atoms with Crippen LogP contribution in [0.3, 0.4) is 0 Å². The van der Waals surface area contributed by atoms with Crippen molar-refractivity contribution in [1.29, 1.82) is 0 Å². The third kappa shape index (κ3) is 4.13. The van der Waals surface area contributed by atoms with Gasteiger partial charge in [0.2, 0.25) is 5.78 Å². The number of hydrogen-bond donors (Lipinski definition) is 0. The normalized spacial score (nSPS) is 18.6. The average molecular weight is 483 g/mol. The second kappa shape index (κ2) is 8.43. The molecule has 5 nitrogen and oxygen atoms in total. The first-order valence-corrected chi connectivity index (χ1v) is 11.6. The van der Waals surface area contributed by atoms with Gasteiger partial charge in [0, 0.05) is 50.5 Å². The highest BCUT2D eigenvalue weighted by molar-refractivity contribution is 6.77. The third-order valence-electron chi connectivity index (χ3n) is 6.62. The van der Waals surface area contributed by atoms with Crippen LogP contribution < -0.4 is 0 Å². The minimum atomic E-state index is -1.95. The first-order valence-electron chi connectivity index (χ1n) is 10.5. The zero-order valence-electron chi connectivity index (χ0n) is 17.7. The number of carbonyl (C=O) groups excluding carboxylic acids is 2. The summed E-state index contributed by atoms with van der Waals surface area (Å²) in [6, 6.07) is 11.8. The van der Waals surface area contributed by atoms with E-state index < -0.39 is 9.58 Å². The first-order chi connectivity index (χ1) is 14.6. The van der Waals surface area contributed by atoms with E-state index in [1.54, 1.807) is 25.1 Å². The quantitative estimate of drug-likeness (QED) is 0.454. The van der Waals surface area contributed by atoms with Crippen LogP contribution in [0, 0.1) is 0 Å². The summed E-state index contributed by atoms with van der Waals surface area (Å²) < 4.78 is 0.0207. The van der Waals surface area contributed by atoms with Crippen LogP contribution in [0.25, 0.3) is 0 Å². The predicted molar refractivity (Wildman–Crippen MR) is 124 cm³/mol. The highest BCUT2D eigenvalue weighted by Crippen LogP contribution is 2.45. The lowest BCUT2D eigenvalue weighted by Gasteiger charge is -2.44. The van der Waals surface area contributed by atoms with Crippen molar-refractivity contribution in [1.82, 2.24) is 14.4 Å². The van der Waals surface area contributed by atoms with Gasteiger partial charge < -0.3 is 9.47 Å². The molecule has 0 spiro atoms. The van der Waals surface area contributed by atoms with Crippen LogP contribution in [0.15, 0.2) is 36.4 Å². The van der Waals surface area contributed by atoms with Crippen LogP contribution in [0.1, 0.15) is 57.8 Å². The molecule has 2 heterocycles. The predicted octanol–water partition coefficient (Wildman–Crippen LogP) is 5.03. The first kappa shape index (κ1) is 22.7. The summed E-state index contributed by atoms with van der Waals surface area (Å²) in [5.74, 6) is -0.483. The van der Waals surface area contributed by atoms with Crippen molar-refractivity contribution in [3.63, 3.8) is 0 Å². The van der Waals surface area contributed by atoms with E-state index in [1.807, 2.05) is 22.8 Å². The number of alkyl halides is 3. The van der Waals surface area contributed by atoms with E-state index in [-0.39, 0.29) is 11.4 Å². The van der Waals surface area contributed by atoms with Gasteiger partial charge in [0.05, 0.1) is 5.69 Å². The van der Waals surface area contributed by atoms with Crippen LogP contribution in [0.2, 0.25) is 0 Å². The maximum absolute atomic E-state index is 12.5. The molecule has 0 bridgehead atoms. The molecule has 0 N–H and O–H groups in total. The number of Topliss-reactive ketones (excluding diaryl/α,β-unsaturated/α-hetero) is 1. The second-order valence-electron chi connectivity index (χ2n) is 8.63. The monoisotopic (exact) mass is 481 g/mol. The Hall–Kier alpha value is -1.53. The third-order valence-corrected chi connectivity index (χ3v) is 7.13. The number of ketones is 1. The zero-order chi connectivity index (χ0) is 22.4. The Morgan fingerprint density at radius 3 is 2.19 bits per heavy atom. The molecule has 1 fully saturated rings. The molecule has 1 saturated carbocycles. The number of carbonyl (C=O) groups is 2. The SMILES string of the molecule is CN(C)C(=O)c1ccc(C2(N3CCn4c(ccc4C(=O)C(Cl)(Cl)Cl)C3)CCCC2)cc1. The van der Waals surface area contributed by atoms with Gasteiger partial charge in [-0.3, -0.25) is 14.5 Å². The van der Waals surface area contributed by atoms with Crippen molar-refractivity contribution in [3.8, 4) is 0 Å². The molecule has 2 aliphatic rings. The van der Waals surface area contributed by atoms with Gasteiger partial charge in [0.15, 0.2) is 0 Å². The number of nitrogens with zero attached hydrogens (tertiary/aromatic N) is 3. The van der Waals surface area contributed by atoms with Crippen molar-refractivity contribution in [3.05, 3.63) is 58.9 Å². The molecule has 1 aromatic carbocycles. The Kier molecular flexibility index (Phi) is 6.16. The Balaban J connectivity index is 1.62. The Labute approximate surface area is 197 Å². The van der Waals surface area contributed by atoms with Crippen LogP contribution >= 0.6 is 34.8 Å². The van der Waals surface area contributed by atoms with Gasteiger partial charge in [-0.25, -0.2) is 0 Å². The molecule has 31 heavy (non-hydrogen) atoms. The highest BCUT2D eigenvalue weighted by atomic mass is 35.6. The lowest BCUT2D eigenvalue weighted by molar-refractivity contribution is 0.0598. The molecule has 0 atom stereocenters. The number of amides is 1. The van der Waals surface area contributed by atoms with Gasteiger partial charge in [-0.1, -0.05) is 59.8 Å². The molecule has 0 unspecified atom stereocenters. The van der Waals surface area contributed by atoms with Crippen LogP contribution in [0.5, 0.6) is 0 Å². The van der Waals surface area contributed by atoms with Crippen LogP contribution in [0.4, 0.5) is 0 Å². The standard InChI is InChI=1S/C23H26Cl3N3O2/c1-27(2)21(31)16-5-7-17(8-6-16)22(11-3-4-12-22)28-13-14-29-18(15-28)9-10-19(29)20(30)23(24,25)26/h5-10H,3-4,11-15H2,1-2H3. The van der Waals surface area contributed by atoms with Crippen molar-refractivity contribution >= 4 is 46.5 Å². The van der Waals surface area contributed by atoms with E-state index in [0.29, 0.717) is 17.8 Å². The van der Waals surface area contributed by atoms with Gasteiger partial charge in [0.1, 0.15) is 0 Å². The van der Waals surface area contributed by atoms with Crippen molar-refractivity contribution in [2.75, 3.05) is 20.6 Å². The molecule has 0 saturated heterocycles. The summed E-state index contributed by atoms with van der Waals surface area (Å²) in [7, 11) is 3.53. The molecule has 1 aliphatic carbocycles. The minimum absolute atomic E-state index is 0.00830. The van der Waals surface area contributed by atoms with E-state index in [2.05, 4.69) is 17.0 Å². The van der Waals surface area contributed by atoms with E-state index >= 15 is 0 Å². The summed E-state index contributed by atoms with van der Waals surface area (Å²) >= 11 is 17.5. The molecule has 1 aromatic heterocycles. The fourth-order valence-corrected chi connectivity index (χ4v) is 5.34. The molecule has 0 radical (unpaired) electrons. The summed E-state index contributed by atoms with van der Waals surface area (Å²) in [4.78, 5) is 28.9. The van der Waals surface area contributed by atoms with Gasteiger partial charge in [-0.15, -0.1) is 0 Å². The minimum Gasteiger partial charge on any atom is -0.345 e. The topological polar surface area (TPSA) is 45.6 Å². The van der Waals surface area contributed by atoms with Gasteiger partial charge in [-0.2, -0.15) is 0 Å². The van der Waals surface area contributed by atoms with Crippen molar-refractivity contribution in [2.24, 2.45) is 0 Å². The second-order valence-corrected chi connectivity index (χ2v) is 10.9. The molecule has 8 heteroatoms. The maximum atomic E-state index is 12.5. The van der Waals surface area contributed by atoms with E-state index in [4.69, 9.17) is 34.8 Å². The van der Waals surface area contributed by atoms with Crippen LogP contribution in [-0.2, 0) is 18.6 Å². The van der Waals surface area contributed by atoms with E-state index in [1.165, 1.54) is 18.4 Å². The Morgan fingerprint density at radius 1 is 0.968 bits per heavy atom. The fourth-order valence-electron chi connectivity index (χ4n) is 5.04. The van der Waals surface area contributed by atoms with E-state index in [9.17, 15) is 9.59 Å². The summed E-state index contributed by atoms with van der Waals surface area (Å²) in [5.41, 5.74) is 3.38. The summed E-state index contributed by atoms with van der Waals surface area (Å²) in [5, 5.41) is 0. The molecule has 4 rings (SSSR count). The largest absolute Gasteiger partial charge is 0.345 e. The number of halogens is 3.